The molecule has 7 nitrogen and oxygen atoms in total. The van der Waals surface area contributed by atoms with Crippen LogP contribution in [-0.4, -0.2) is 25.1 Å². The summed E-state index contributed by atoms with van der Waals surface area (Å²) in [6.07, 6.45) is 3.45. The average molecular weight is 354 g/mol. The highest BCUT2D eigenvalue weighted by atomic mass is 32.1. The molecule has 4 aromatic rings. The number of thiazole rings is 1. The van der Waals surface area contributed by atoms with Crippen molar-refractivity contribution >= 4 is 11.3 Å². The van der Waals surface area contributed by atoms with Crippen LogP contribution < -0.4 is 4.74 Å². The van der Waals surface area contributed by atoms with E-state index < -0.39 is 0 Å². The fourth-order valence-electron chi connectivity index (χ4n) is 2.27. The lowest BCUT2D eigenvalue weighted by Crippen LogP contribution is -2.00. The van der Waals surface area contributed by atoms with Gasteiger partial charge in [-0.25, -0.2) is 9.67 Å². The summed E-state index contributed by atoms with van der Waals surface area (Å²) in [5.41, 5.74) is 1.59. The SMILES string of the molecule is Oc1cccc(OCc2cn(Cc3csc(-c4ccco4)n3)nn2)c1. The number of ether oxygens (including phenoxy) is 1. The first-order valence-corrected chi connectivity index (χ1v) is 8.43. The van der Waals surface area contributed by atoms with Gasteiger partial charge >= 0.3 is 0 Å². The first kappa shape index (κ1) is 15.4. The summed E-state index contributed by atoms with van der Waals surface area (Å²) in [5.74, 6) is 1.50. The van der Waals surface area contributed by atoms with E-state index >= 15 is 0 Å². The van der Waals surface area contributed by atoms with Gasteiger partial charge in [-0.15, -0.1) is 16.4 Å². The summed E-state index contributed by atoms with van der Waals surface area (Å²) in [5, 5.41) is 20.4. The van der Waals surface area contributed by atoms with Gasteiger partial charge in [-0.2, -0.15) is 0 Å². The quantitative estimate of drug-likeness (QED) is 0.571. The molecule has 0 saturated carbocycles. The van der Waals surface area contributed by atoms with Gasteiger partial charge in [0, 0.05) is 11.4 Å². The van der Waals surface area contributed by atoms with Crippen molar-refractivity contribution in [3.05, 3.63) is 65.6 Å². The number of nitrogens with zero attached hydrogens (tertiary/aromatic N) is 4. The third-order valence-corrected chi connectivity index (χ3v) is 4.30. The van der Waals surface area contributed by atoms with E-state index in [1.165, 1.54) is 11.3 Å². The Morgan fingerprint density at radius 1 is 1.20 bits per heavy atom. The van der Waals surface area contributed by atoms with Gasteiger partial charge in [-0.3, -0.25) is 0 Å². The molecule has 0 aliphatic carbocycles. The van der Waals surface area contributed by atoms with Crippen molar-refractivity contribution in [3.8, 4) is 22.3 Å². The van der Waals surface area contributed by atoms with Crippen molar-refractivity contribution in [2.75, 3.05) is 0 Å². The molecule has 0 fully saturated rings. The summed E-state index contributed by atoms with van der Waals surface area (Å²) in [4.78, 5) is 4.54. The smallest absolute Gasteiger partial charge is 0.162 e. The van der Waals surface area contributed by atoms with Crippen molar-refractivity contribution in [3.63, 3.8) is 0 Å². The Bertz CT molecular complexity index is 962. The molecule has 0 saturated heterocycles. The lowest BCUT2D eigenvalue weighted by Gasteiger charge is -2.03. The van der Waals surface area contributed by atoms with E-state index in [2.05, 4.69) is 15.3 Å². The van der Waals surface area contributed by atoms with Crippen molar-refractivity contribution in [1.29, 1.82) is 0 Å². The molecule has 1 aromatic carbocycles. The molecule has 0 radical (unpaired) electrons. The average Bonchev–Trinajstić information content (AvgIpc) is 3.35. The molecule has 3 heterocycles. The number of phenolic OH excluding ortho intramolecular Hbond substituents is 1. The second kappa shape index (κ2) is 6.78. The van der Waals surface area contributed by atoms with Crippen LogP contribution in [0, 0.1) is 0 Å². The maximum atomic E-state index is 9.42. The zero-order valence-corrected chi connectivity index (χ0v) is 13.9. The molecule has 4 rings (SSSR count). The van der Waals surface area contributed by atoms with Crippen molar-refractivity contribution in [2.45, 2.75) is 13.2 Å². The molecule has 0 unspecified atom stereocenters. The molecular weight excluding hydrogens is 340 g/mol. The van der Waals surface area contributed by atoms with E-state index in [0.717, 1.165) is 16.5 Å². The number of hydrogen-bond donors (Lipinski definition) is 1. The molecule has 126 valence electrons. The summed E-state index contributed by atoms with van der Waals surface area (Å²) >= 11 is 1.53. The largest absolute Gasteiger partial charge is 0.508 e. The van der Waals surface area contributed by atoms with Crippen LogP contribution in [0.15, 0.2) is 58.7 Å². The van der Waals surface area contributed by atoms with E-state index in [9.17, 15) is 5.11 Å². The molecule has 1 N–H and O–H groups in total. The summed E-state index contributed by atoms with van der Waals surface area (Å²) in [7, 11) is 0. The van der Waals surface area contributed by atoms with Crippen LogP contribution in [0.4, 0.5) is 0 Å². The van der Waals surface area contributed by atoms with Gasteiger partial charge in [0.25, 0.3) is 0 Å². The maximum absolute atomic E-state index is 9.42. The van der Waals surface area contributed by atoms with Crippen molar-refractivity contribution < 1.29 is 14.3 Å². The summed E-state index contributed by atoms with van der Waals surface area (Å²) in [6, 6.07) is 10.4. The Kier molecular flexibility index (Phi) is 4.17. The number of hydrogen-bond acceptors (Lipinski definition) is 7. The van der Waals surface area contributed by atoms with E-state index in [1.54, 1.807) is 35.2 Å². The van der Waals surface area contributed by atoms with Gasteiger partial charge < -0.3 is 14.3 Å². The normalized spacial score (nSPS) is 10.9. The van der Waals surface area contributed by atoms with Gasteiger partial charge in [0.2, 0.25) is 0 Å². The first-order chi connectivity index (χ1) is 12.3. The third kappa shape index (κ3) is 3.69. The lowest BCUT2D eigenvalue weighted by molar-refractivity contribution is 0.299. The Morgan fingerprint density at radius 3 is 3.00 bits per heavy atom. The van der Waals surface area contributed by atoms with E-state index in [1.807, 2.05) is 23.7 Å². The fraction of sp³-hybridized carbons (Fsp3) is 0.118. The molecule has 3 aromatic heterocycles. The highest BCUT2D eigenvalue weighted by Crippen LogP contribution is 2.24. The molecule has 0 atom stereocenters. The molecule has 0 bridgehead atoms. The first-order valence-electron chi connectivity index (χ1n) is 7.55. The molecule has 8 heteroatoms. The number of aromatic nitrogens is 4. The van der Waals surface area contributed by atoms with Crippen molar-refractivity contribution in [2.24, 2.45) is 0 Å². The number of rotatable bonds is 6. The second-order valence-electron chi connectivity index (χ2n) is 5.31. The van der Waals surface area contributed by atoms with E-state index in [-0.39, 0.29) is 12.4 Å². The van der Waals surface area contributed by atoms with Crippen LogP contribution in [0.1, 0.15) is 11.4 Å². The van der Waals surface area contributed by atoms with Gasteiger partial charge in [-0.05, 0) is 24.3 Å². The fourth-order valence-corrected chi connectivity index (χ4v) is 3.05. The topological polar surface area (TPSA) is 86.2 Å². The van der Waals surface area contributed by atoms with Gasteiger partial charge in [0.15, 0.2) is 10.8 Å². The molecule has 0 spiro atoms. The standard InChI is InChI=1S/C17H14N4O3S/c22-14-3-1-4-15(7-14)24-10-12-8-21(20-19-12)9-13-11-25-17(18-13)16-5-2-6-23-16/h1-8,11,22H,9-10H2. The van der Waals surface area contributed by atoms with Crippen LogP contribution in [0.2, 0.25) is 0 Å². The maximum Gasteiger partial charge on any atom is 0.162 e. The summed E-state index contributed by atoms with van der Waals surface area (Å²) in [6.45, 7) is 0.800. The van der Waals surface area contributed by atoms with Crippen LogP contribution in [0.5, 0.6) is 11.5 Å². The zero-order valence-electron chi connectivity index (χ0n) is 13.1. The molecule has 0 amide bonds. The minimum atomic E-state index is 0.164. The summed E-state index contributed by atoms with van der Waals surface area (Å²) < 4.78 is 12.6. The predicted molar refractivity (Wildman–Crippen MR) is 91.4 cm³/mol. The van der Waals surface area contributed by atoms with Gasteiger partial charge in [0.1, 0.15) is 23.8 Å². The minimum absolute atomic E-state index is 0.164. The Balaban J connectivity index is 1.38. The molecule has 0 aliphatic heterocycles. The van der Waals surface area contributed by atoms with Crippen LogP contribution in [0.3, 0.4) is 0 Å². The third-order valence-electron chi connectivity index (χ3n) is 3.40. The molecule has 25 heavy (non-hydrogen) atoms. The highest BCUT2D eigenvalue weighted by Gasteiger charge is 2.09. The number of benzene rings is 1. The predicted octanol–water partition coefficient (Wildman–Crippen LogP) is 3.33. The molecule has 0 aliphatic rings. The number of phenols is 1. The number of aromatic hydroxyl groups is 1. The minimum Gasteiger partial charge on any atom is -0.508 e. The lowest BCUT2D eigenvalue weighted by atomic mass is 10.3. The zero-order chi connectivity index (χ0) is 17.1. The van der Waals surface area contributed by atoms with Crippen molar-refractivity contribution in [1.82, 2.24) is 20.0 Å². The van der Waals surface area contributed by atoms with Gasteiger partial charge in [0.05, 0.1) is 24.7 Å². The number of furan rings is 1. The monoisotopic (exact) mass is 354 g/mol. The molecular formula is C17H14N4O3S. The van der Waals surface area contributed by atoms with Gasteiger partial charge in [-0.1, -0.05) is 11.3 Å². The van der Waals surface area contributed by atoms with E-state index in [4.69, 9.17) is 9.15 Å². The van der Waals surface area contributed by atoms with Crippen LogP contribution in [-0.2, 0) is 13.2 Å². The van der Waals surface area contributed by atoms with E-state index in [0.29, 0.717) is 18.0 Å². The second-order valence-corrected chi connectivity index (χ2v) is 6.17. The Hall–Kier alpha value is -3.13. The van der Waals surface area contributed by atoms with Crippen LogP contribution in [0.25, 0.3) is 10.8 Å². The Morgan fingerprint density at radius 2 is 2.16 bits per heavy atom. The Labute approximate surface area is 147 Å². The highest BCUT2D eigenvalue weighted by molar-refractivity contribution is 7.13. The van der Waals surface area contributed by atoms with Crippen LogP contribution >= 0.6 is 11.3 Å².